The lowest BCUT2D eigenvalue weighted by atomic mass is 10.1. The molecule has 0 radical (unpaired) electrons. The number of rotatable bonds is 3. The van der Waals surface area contributed by atoms with E-state index in [2.05, 4.69) is 0 Å². The van der Waals surface area contributed by atoms with E-state index in [1.807, 2.05) is 0 Å². The van der Waals surface area contributed by atoms with Crippen LogP contribution in [0, 0.1) is 10.1 Å². The van der Waals surface area contributed by atoms with E-state index in [9.17, 15) is 10.1 Å². The summed E-state index contributed by atoms with van der Waals surface area (Å²) in [6.45, 7) is 1.78. The maximum Gasteiger partial charge on any atom is 0.274 e. The van der Waals surface area contributed by atoms with Gasteiger partial charge < -0.3 is 5.73 Å². The van der Waals surface area contributed by atoms with Crippen molar-refractivity contribution in [2.24, 2.45) is 5.73 Å². The van der Waals surface area contributed by atoms with E-state index in [0.717, 1.165) is 0 Å². The molecule has 0 fully saturated rings. The second kappa shape index (κ2) is 4.39. The van der Waals surface area contributed by atoms with Gasteiger partial charge in [0.05, 0.1) is 9.95 Å². The number of nitrogens with zero attached hydrogens (tertiary/aromatic N) is 1. The van der Waals surface area contributed by atoms with Crippen LogP contribution in [0.5, 0.6) is 0 Å². The van der Waals surface area contributed by atoms with Gasteiger partial charge in [0, 0.05) is 17.7 Å². The Morgan fingerprint density at radius 2 is 2.29 bits per heavy atom. The van der Waals surface area contributed by atoms with Crippen molar-refractivity contribution < 1.29 is 4.92 Å². The van der Waals surface area contributed by atoms with Crippen LogP contribution in [0.4, 0.5) is 5.69 Å². The van der Waals surface area contributed by atoms with Gasteiger partial charge >= 0.3 is 0 Å². The molecular weight excluding hydrogens is 204 g/mol. The molecule has 1 atom stereocenters. The number of nitro benzene ring substituents is 1. The first kappa shape index (κ1) is 10.9. The SMILES string of the molecule is CC(N)Cc1c(Cl)cccc1[N+](=O)[O-]. The zero-order valence-corrected chi connectivity index (χ0v) is 8.49. The minimum Gasteiger partial charge on any atom is -0.328 e. The first-order valence-electron chi connectivity index (χ1n) is 4.19. The quantitative estimate of drug-likeness (QED) is 0.619. The zero-order chi connectivity index (χ0) is 10.7. The van der Waals surface area contributed by atoms with Crippen molar-refractivity contribution in [3.8, 4) is 0 Å². The molecular formula is C9H11ClN2O2. The van der Waals surface area contributed by atoms with Gasteiger partial charge in [0.15, 0.2) is 0 Å². The Kier molecular flexibility index (Phi) is 3.43. The largest absolute Gasteiger partial charge is 0.328 e. The fraction of sp³-hybridized carbons (Fsp3) is 0.333. The van der Waals surface area contributed by atoms with Crippen LogP contribution in [0.1, 0.15) is 12.5 Å². The Morgan fingerprint density at radius 1 is 1.64 bits per heavy atom. The molecule has 0 aliphatic carbocycles. The van der Waals surface area contributed by atoms with Crippen LogP contribution in [-0.4, -0.2) is 11.0 Å². The van der Waals surface area contributed by atoms with Gasteiger partial charge in [0.2, 0.25) is 0 Å². The number of nitrogens with two attached hydrogens (primary N) is 1. The topological polar surface area (TPSA) is 69.2 Å². The summed E-state index contributed by atoms with van der Waals surface area (Å²) in [5.74, 6) is 0. The Labute approximate surface area is 86.8 Å². The molecule has 0 aromatic heterocycles. The molecule has 0 heterocycles. The van der Waals surface area contributed by atoms with Crippen molar-refractivity contribution in [3.05, 3.63) is 38.9 Å². The third kappa shape index (κ3) is 2.43. The molecule has 1 unspecified atom stereocenters. The molecule has 1 aromatic carbocycles. The number of nitro groups is 1. The maximum absolute atomic E-state index is 10.7. The van der Waals surface area contributed by atoms with Gasteiger partial charge in [0.1, 0.15) is 0 Å². The van der Waals surface area contributed by atoms with E-state index in [-0.39, 0.29) is 11.7 Å². The predicted molar refractivity (Wildman–Crippen MR) is 55.5 cm³/mol. The summed E-state index contributed by atoms with van der Waals surface area (Å²) < 4.78 is 0. The normalized spacial score (nSPS) is 12.5. The smallest absolute Gasteiger partial charge is 0.274 e. The van der Waals surface area contributed by atoms with Gasteiger partial charge in [-0.2, -0.15) is 0 Å². The van der Waals surface area contributed by atoms with Crippen molar-refractivity contribution in [3.63, 3.8) is 0 Å². The molecule has 0 bridgehead atoms. The summed E-state index contributed by atoms with van der Waals surface area (Å²) in [4.78, 5) is 10.2. The average molecular weight is 215 g/mol. The summed E-state index contributed by atoms with van der Waals surface area (Å²) in [5.41, 5.74) is 6.13. The minimum atomic E-state index is -0.441. The zero-order valence-electron chi connectivity index (χ0n) is 7.74. The van der Waals surface area contributed by atoms with Gasteiger partial charge in [-0.1, -0.05) is 17.7 Å². The third-order valence-corrected chi connectivity index (χ3v) is 2.17. The van der Waals surface area contributed by atoms with Gasteiger partial charge in [0.25, 0.3) is 5.69 Å². The lowest BCUT2D eigenvalue weighted by molar-refractivity contribution is -0.385. The highest BCUT2D eigenvalue weighted by Gasteiger charge is 2.17. The van der Waals surface area contributed by atoms with Gasteiger partial charge in [-0.05, 0) is 19.4 Å². The van der Waals surface area contributed by atoms with Crippen LogP contribution in [0.25, 0.3) is 0 Å². The highest BCUT2D eigenvalue weighted by molar-refractivity contribution is 6.31. The molecule has 1 aromatic rings. The standard InChI is InChI=1S/C9H11ClN2O2/c1-6(11)5-7-8(10)3-2-4-9(7)12(13)14/h2-4,6H,5,11H2,1H3. The van der Waals surface area contributed by atoms with Crippen LogP contribution >= 0.6 is 11.6 Å². The Balaban J connectivity index is 3.15. The van der Waals surface area contributed by atoms with Crippen LogP contribution < -0.4 is 5.73 Å². The average Bonchev–Trinajstić information content (AvgIpc) is 2.07. The molecule has 0 aliphatic heterocycles. The number of hydrogen-bond donors (Lipinski definition) is 1. The lowest BCUT2D eigenvalue weighted by Crippen LogP contribution is -2.18. The fourth-order valence-electron chi connectivity index (χ4n) is 1.24. The first-order valence-corrected chi connectivity index (χ1v) is 4.57. The third-order valence-electron chi connectivity index (χ3n) is 1.82. The van der Waals surface area contributed by atoms with E-state index in [1.165, 1.54) is 6.07 Å². The van der Waals surface area contributed by atoms with Gasteiger partial charge in [-0.15, -0.1) is 0 Å². The van der Waals surface area contributed by atoms with E-state index in [0.29, 0.717) is 17.0 Å². The Hall–Kier alpha value is -1.13. The summed E-state index contributed by atoms with van der Waals surface area (Å²) >= 11 is 5.86. The van der Waals surface area contributed by atoms with E-state index in [4.69, 9.17) is 17.3 Å². The monoisotopic (exact) mass is 214 g/mol. The number of halogens is 1. The summed E-state index contributed by atoms with van der Waals surface area (Å²) in [6, 6.07) is 4.48. The van der Waals surface area contributed by atoms with Crippen molar-refractivity contribution in [1.29, 1.82) is 0 Å². The Morgan fingerprint density at radius 3 is 2.79 bits per heavy atom. The van der Waals surface area contributed by atoms with Crippen molar-refractivity contribution in [1.82, 2.24) is 0 Å². The highest BCUT2D eigenvalue weighted by atomic mass is 35.5. The molecule has 1 rings (SSSR count). The van der Waals surface area contributed by atoms with Crippen molar-refractivity contribution in [2.45, 2.75) is 19.4 Å². The fourth-order valence-corrected chi connectivity index (χ4v) is 1.49. The van der Waals surface area contributed by atoms with E-state index >= 15 is 0 Å². The van der Waals surface area contributed by atoms with Crippen LogP contribution in [0.15, 0.2) is 18.2 Å². The summed E-state index contributed by atoms with van der Waals surface area (Å²) in [7, 11) is 0. The first-order chi connectivity index (χ1) is 6.52. The molecule has 2 N–H and O–H groups in total. The molecule has 0 amide bonds. The number of hydrogen-bond acceptors (Lipinski definition) is 3. The number of benzene rings is 1. The lowest BCUT2D eigenvalue weighted by Gasteiger charge is -2.07. The van der Waals surface area contributed by atoms with E-state index < -0.39 is 4.92 Å². The molecule has 5 heteroatoms. The summed E-state index contributed by atoms with van der Waals surface area (Å²) in [5, 5.41) is 11.1. The molecule has 0 saturated heterocycles. The minimum absolute atomic E-state index is 0.0369. The maximum atomic E-state index is 10.7. The molecule has 4 nitrogen and oxygen atoms in total. The second-order valence-electron chi connectivity index (χ2n) is 3.18. The Bertz CT molecular complexity index is 353. The van der Waals surface area contributed by atoms with Crippen LogP contribution in [-0.2, 0) is 6.42 Å². The van der Waals surface area contributed by atoms with E-state index in [1.54, 1.807) is 19.1 Å². The second-order valence-corrected chi connectivity index (χ2v) is 3.58. The molecule has 0 saturated carbocycles. The van der Waals surface area contributed by atoms with Gasteiger partial charge in [-0.3, -0.25) is 10.1 Å². The van der Waals surface area contributed by atoms with Gasteiger partial charge in [-0.25, -0.2) is 0 Å². The van der Waals surface area contributed by atoms with Crippen LogP contribution in [0.2, 0.25) is 5.02 Å². The van der Waals surface area contributed by atoms with Crippen LogP contribution in [0.3, 0.4) is 0 Å². The van der Waals surface area contributed by atoms with Crippen molar-refractivity contribution >= 4 is 17.3 Å². The summed E-state index contributed by atoms with van der Waals surface area (Å²) in [6.07, 6.45) is 0.413. The molecule has 14 heavy (non-hydrogen) atoms. The molecule has 0 spiro atoms. The van der Waals surface area contributed by atoms with Crippen molar-refractivity contribution in [2.75, 3.05) is 0 Å². The molecule has 76 valence electrons. The predicted octanol–water partition coefficient (Wildman–Crippen LogP) is 2.14. The highest BCUT2D eigenvalue weighted by Crippen LogP contribution is 2.26. The molecule has 0 aliphatic rings.